The van der Waals surface area contributed by atoms with Crippen molar-refractivity contribution in [3.8, 4) is 0 Å². The van der Waals surface area contributed by atoms with E-state index in [0.717, 1.165) is 12.8 Å². The number of urea groups is 1. The van der Waals surface area contributed by atoms with Gasteiger partial charge in [-0.3, -0.25) is 0 Å². The standard InChI is InChI=1S/C15H28N2O3/c1-6-11-7-8-17(12(9-11)13(18)19)14(20)16-10(2)15(3,4)5/h10-12H,6-9H2,1-5H3,(H,16,20)(H,18,19). The highest BCUT2D eigenvalue weighted by Gasteiger charge is 2.36. The van der Waals surface area contributed by atoms with Gasteiger partial charge in [0.25, 0.3) is 0 Å². The van der Waals surface area contributed by atoms with E-state index >= 15 is 0 Å². The van der Waals surface area contributed by atoms with Crippen molar-refractivity contribution in [3.05, 3.63) is 0 Å². The molecule has 0 aromatic carbocycles. The van der Waals surface area contributed by atoms with Gasteiger partial charge in [-0.25, -0.2) is 9.59 Å². The number of nitrogens with zero attached hydrogens (tertiary/aromatic N) is 1. The number of carboxylic acid groups (broad SMARTS) is 1. The van der Waals surface area contributed by atoms with E-state index in [1.165, 1.54) is 4.90 Å². The van der Waals surface area contributed by atoms with Crippen molar-refractivity contribution in [1.82, 2.24) is 10.2 Å². The zero-order valence-electron chi connectivity index (χ0n) is 13.3. The third-order valence-corrected chi connectivity index (χ3v) is 4.47. The Labute approximate surface area is 121 Å². The first-order valence-corrected chi connectivity index (χ1v) is 7.46. The molecule has 0 bridgehead atoms. The summed E-state index contributed by atoms with van der Waals surface area (Å²) < 4.78 is 0. The average molecular weight is 284 g/mol. The minimum atomic E-state index is -0.901. The Morgan fingerprint density at radius 3 is 2.45 bits per heavy atom. The highest BCUT2D eigenvalue weighted by atomic mass is 16.4. The molecule has 1 fully saturated rings. The van der Waals surface area contributed by atoms with Crippen LogP contribution in [0, 0.1) is 11.3 Å². The van der Waals surface area contributed by atoms with E-state index in [4.69, 9.17) is 0 Å². The molecule has 1 aliphatic rings. The van der Waals surface area contributed by atoms with Gasteiger partial charge in [0.15, 0.2) is 0 Å². The topological polar surface area (TPSA) is 69.6 Å². The molecule has 116 valence electrons. The molecule has 20 heavy (non-hydrogen) atoms. The molecule has 0 aliphatic carbocycles. The molecule has 1 saturated heterocycles. The molecule has 3 atom stereocenters. The Kier molecular flexibility index (Phi) is 5.42. The molecule has 0 radical (unpaired) electrons. The fourth-order valence-electron chi connectivity index (χ4n) is 2.37. The van der Waals surface area contributed by atoms with Crippen LogP contribution in [0.15, 0.2) is 0 Å². The Bertz CT molecular complexity index is 363. The van der Waals surface area contributed by atoms with Crippen molar-refractivity contribution in [2.45, 2.75) is 66.0 Å². The largest absolute Gasteiger partial charge is 0.480 e. The molecule has 5 heteroatoms. The van der Waals surface area contributed by atoms with Crippen LogP contribution in [-0.2, 0) is 4.79 Å². The summed E-state index contributed by atoms with van der Waals surface area (Å²) >= 11 is 0. The molecular weight excluding hydrogens is 256 g/mol. The zero-order valence-corrected chi connectivity index (χ0v) is 13.3. The lowest BCUT2D eigenvalue weighted by Crippen LogP contribution is -2.56. The van der Waals surface area contributed by atoms with Crippen LogP contribution in [0.1, 0.15) is 53.9 Å². The van der Waals surface area contributed by atoms with E-state index in [9.17, 15) is 14.7 Å². The molecule has 5 nitrogen and oxygen atoms in total. The first kappa shape index (κ1) is 16.8. The normalized spacial score (nSPS) is 25.1. The molecular formula is C15H28N2O3. The zero-order chi connectivity index (χ0) is 15.5. The number of aliphatic carboxylic acids is 1. The molecule has 3 unspecified atom stereocenters. The summed E-state index contributed by atoms with van der Waals surface area (Å²) in [6, 6.07) is -0.955. The van der Waals surface area contributed by atoms with Crippen LogP contribution in [0.5, 0.6) is 0 Å². The quantitative estimate of drug-likeness (QED) is 0.837. The average Bonchev–Trinajstić information content (AvgIpc) is 2.36. The van der Waals surface area contributed by atoms with E-state index in [0.29, 0.717) is 18.9 Å². The van der Waals surface area contributed by atoms with Crippen LogP contribution in [0.3, 0.4) is 0 Å². The maximum absolute atomic E-state index is 12.3. The third-order valence-electron chi connectivity index (χ3n) is 4.47. The number of carbonyl (C=O) groups excluding carboxylic acids is 1. The van der Waals surface area contributed by atoms with Crippen LogP contribution in [0.2, 0.25) is 0 Å². The number of carbonyl (C=O) groups is 2. The number of carboxylic acids is 1. The number of amides is 2. The van der Waals surface area contributed by atoms with E-state index in [-0.39, 0.29) is 17.5 Å². The summed E-state index contributed by atoms with van der Waals surface area (Å²) in [6.45, 7) is 10.7. The molecule has 2 N–H and O–H groups in total. The van der Waals surface area contributed by atoms with Crippen LogP contribution in [0.4, 0.5) is 4.79 Å². The second kappa shape index (κ2) is 6.46. The van der Waals surface area contributed by atoms with E-state index < -0.39 is 12.0 Å². The van der Waals surface area contributed by atoms with Gasteiger partial charge in [-0.1, -0.05) is 34.1 Å². The smallest absolute Gasteiger partial charge is 0.326 e. The van der Waals surface area contributed by atoms with Crippen molar-refractivity contribution in [3.63, 3.8) is 0 Å². The van der Waals surface area contributed by atoms with E-state index in [1.807, 2.05) is 6.92 Å². The SMILES string of the molecule is CCC1CCN(C(=O)NC(C)C(C)(C)C)C(C(=O)O)C1. The molecule has 1 heterocycles. The molecule has 1 aliphatic heterocycles. The van der Waals surface area contributed by atoms with Crippen molar-refractivity contribution in [2.24, 2.45) is 11.3 Å². The van der Waals surface area contributed by atoms with Crippen LogP contribution in [-0.4, -0.2) is 40.6 Å². The number of hydrogen-bond acceptors (Lipinski definition) is 2. The highest BCUT2D eigenvalue weighted by molar-refractivity contribution is 5.83. The minimum absolute atomic E-state index is 0.00616. The number of piperidine rings is 1. The lowest BCUT2D eigenvalue weighted by atomic mass is 9.87. The number of likely N-dealkylation sites (tertiary alicyclic amines) is 1. The maximum atomic E-state index is 12.3. The van der Waals surface area contributed by atoms with Crippen molar-refractivity contribution in [2.75, 3.05) is 6.54 Å². The fourth-order valence-corrected chi connectivity index (χ4v) is 2.37. The van der Waals surface area contributed by atoms with Gasteiger partial charge in [0.2, 0.25) is 0 Å². The number of nitrogens with one attached hydrogen (secondary N) is 1. The van der Waals surface area contributed by atoms with Crippen LogP contribution in [0.25, 0.3) is 0 Å². The van der Waals surface area contributed by atoms with Crippen molar-refractivity contribution >= 4 is 12.0 Å². The van der Waals surface area contributed by atoms with E-state index in [2.05, 4.69) is 33.0 Å². The molecule has 0 spiro atoms. The highest BCUT2D eigenvalue weighted by Crippen LogP contribution is 2.26. The predicted octanol–water partition coefficient (Wildman–Crippen LogP) is 2.71. The van der Waals surface area contributed by atoms with Gasteiger partial charge in [-0.2, -0.15) is 0 Å². The van der Waals surface area contributed by atoms with Gasteiger partial charge < -0.3 is 15.3 Å². The van der Waals surface area contributed by atoms with Gasteiger partial charge in [-0.05, 0) is 31.1 Å². The van der Waals surface area contributed by atoms with Crippen molar-refractivity contribution in [1.29, 1.82) is 0 Å². The fraction of sp³-hybridized carbons (Fsp3) is 0.867. The second-order valence-corrected chi connectivity index (χ2v) is 6.88. The van der Waals surface area contributed by atoms with Crippen molar-refractivity contribution < 1.29 is 14.7 Å². The van der Waals surface area contributed by atoms with E-state index in [1.54, 1.807) is 0 Å². The van der Waals surface area contributed by atoms with Gasteiger partial charge in [0.1, 0.15) is 6.04 Å². The summed E-state index contributed by atoms with van der Waals surface area (Å²) in [5.74, 6) is -0.498. The van der Waals surface area contributed by atoms with Gasteiger partial charge in [0, 0.05) is 12.6 Å². The minimum Gasteiger partial charge on any atom is -0.480 e. The van der Waals surface area contributed by atoms with Gasteiger partial charge in [-0.15, -0.1) is 0 Å². The monoisotopic (exact) mass is 284 g/mol. The number of rotatable bonds is 3. The lowest BCUT2D eigenvalue weighted by Gasteiger charge is -2.38. The summed E-state index contributed by atoms with van der Waals surface area (Å²) in [5, 5.41) is 12.3. The Balaban J connectivity index is 2.73. The Morgan fingerprint density at radius 2 is 2.00 bits per heavy atom. The second-order valence-electron chi connectivity index (χ2n) is 6.88. The summed E-state index contributed by atoms with van der Waals surface area (Å²) in [6.07, 6.45) is 2.42. The summed E-state index contributed by atoms with van der Waals surface area (Å²) in [5.41, 5.74) is -0.0455. The maximum Gasteiger partial charge on any atom is 0.326 e. The Hall–Kier alpha value is -1.26. The molecule has 0 aromatic rings. The first-order valence-electron chi connectivity index (χ1n) is 7.46. The molecule has 0 saturated carbocycles. The van der Waals surface area contributed by atoms with Gasteiger partial charge in [0.05, 0.1) is 0 Å². The Morgan fingerprint density at radius 1 is 1.40 bits per heavy atom. The molecule has 1 rings (SSSR count). The van der Waals surface area contributed by atoms with Crippen LogP contribution >= 0.6 is 0 Å². The summed E-state index contributed by atoms with van der Waals surface area (Å²) in [7, 11) is 0. The summed E-state index contributed by atoms with van der Waals surface area (Å²) in [4.78, 5) is 25.2. The molecule has 0 aromatic heterocycles. The number of hydrogen-bond donors (Lipinski definition) is 2. The molecule has 2 amide bonds. The van der Waals surface area contributed by atoms with Gasteiger partial charge >= 0.3 is 12.0 Å². The third kappa shape index (κ3) is 4.12. The predicted molar refractivity (Wildman–Crippen MR) is 78.6 cm³/mol. The first-order chi connectivity index (χ1) is 9.16. The lowest BCUT2D eigenvalue weighted by molar-refractivity contribution is -0.144. The van der Waals surface area contributed by atoms with Crippen LogP contribution < -0.4 is 5.32 Å².